The molecule has 1 unspecified atom stereocenters. The molecule has 2 amide bonds. The van der Waals surface area contributed by atoms with Gasteiger partial charge in [-0.15, -0.1) is 0 Å². The van der Waals surface area contributed by atoms with Crippen molar-refractivity contribution < 1.29 is 14.7 Å². The summed E-state index contributed by atoms with van der Waals surface area (Å²) < 4.78 is 0. The number of nitrogens with one attached hydrogen (secondary N) is 2. The first-order valence-corrected chi connectivity index (χ1v) is 9.73. The Labute approximate surface area is 164 Å². The summed E-state index contributed by atoms with van der Waals surface area (Å²) >= 11 is 0. The molecule has 0 bridgehead atoms. The number of benzene rings is 2. The maximum atomic E-state index is 12.7. The summed E-state index contributed by atoms with van der Waals surface area (Å²) in [6.45, 7) is 2.15. The molecule has 0 radical (unpaired) electrons. The van der Waals surface area contributed by atoms with E-state index in [4.69, 9.17) is 0 Å². The number of amides is 2. The molecule has 2 aliphatic rings. The number of carbonyl (C=O) groups is 2. The molecule has 0 saturated carbocycles. The molecule has 2 aromatic rings. The number of likely N-dealkylation sites (tertiary alicyclic amines) is 1. The largest absolute Gasteiger partial charge is 0.392 e. The highest BCUT2D eigenvalue weighted by Crippen LogP contribution is 2.24. The molecule has 28 heavy (non-hydrogen) atoms. The number of rotatable bonds is 6. The minimum Gasteiger partial charge on any atom is -0.392 e. The Morgan fingerprint density at radius 1 is 1.25 bits per heavy atom. The fourth-order valence-corrected chi connectivity index (χ4v) is 3.96. The predicted molar refractivity (Wildman–Crippen MR) is 107 cm³/mol. The molecule has 1 saturated heterocycles. The van der Waals surface area contributed by atoms with Crippen molar-refractivity contribution in [3.8, 4) is 0 Å². The molecule has 0 spiro atoms. The van der Waals surface area contributed by atoms with Crippen LogP contribution in [0.1, 0.15) is 29.2 Å². The SMILES string of the molecule is O=C1Cc2ccc(CC(=O)NC(CN3CC[C@H](O)C3)c3ccccc3)cc2N1. The first kappa shape index (κ1) is 18.7. The number of aliphatic hydroxyl groups excluding tert-OH is 1. The van der Waals surface area contributed by atoms with E-state index in [1.165, 1.54) is 0 Å². The number of hydrogen-bond donors (Lipinski definition) is 3. The van der Waals surface area contributed by atoms with Gasteiger partial charge in [-0.05, 0) is 29.2 Å². The second-order valence-electron chi connectivity index (χ2n) is 7.63. The Kier molecular flexibility index (Phi) is 5.41. The summed E-state index contributed by atoms with van der Waals surface area (Å²) in [5.74, 6) is -0.0635. The van der Waals surface area contributed by atoms with Crippen LogP contribution in [0.2, 0.25) is 0 Å². The summed E-state index contributed by atoms with van der Waals surface area (Å²) in [5.41, 5.74) is 3.71. The van der Waals surface area contributed by atoms with Gasteiger partial charge in [0.05, 0.1) is 25.0 Å². The van der Waals surface area contributed by atoms with Gasteiger partial charge in [-0.2, -0.15) is 0 Å². The summed E-state index contributed by atoms with van der Waals surface area (Å²) in [5, 5.41) is 15.8. The van der Waals surface area contributed by atoms with Crippen molar-refractivity contribution in [2.75, 3.05) is 25.0 Å². The van der Waals surface area contributed by atoms with Gasteiger partial charge in [0.1, 0.15) is 0 Å². The third-order valence-electron chi connectivity index (χ3n) is 5.39. The summed E-state index contributed by atoms with van der Waals surface area (Å²) in [4.78, 5) is 26.4. The van der Waals surface area contributed by atoms with Crippen molar-refractivity contribution in [3.63, 3.8) is 0 Å². The minimum atomic E-state index is -0.284. The van der Waals surface area contributed by atoms with E-state index in [0.717, 1.165) is 35.3 Å². The van der Waals surface area contributed by atoms with E-state index >= 15 is 0 Å². The van der Waals surface area contributed by atoms with Gasteiger partial charge in [0.15, 0.2) is 0 Å². The molecule has 3 N–H and O–H groups in total. The molecular weight excluding hydrogens is 354 g/mol. The van der Waals surface area contributed by atoms with Crippen molar-refractivity contribution in [2.45, 2.75) is 31.4 Å². The predicted octanol–water partition coefficient (Wildman–Crippen LogP) is 1.65. The fourth-order valence-electron chi connectivity index (χ4n) is 3.96. The zero-order valence-electron chi connectivity index (χ0n) is 15.7. The molecule has 2 atom stereocenters. The molecule has 6 heteroatoms. The number of hydrogen-bond acceptors (Lipinski definition) is 4. The second-order valence-corrected chi connectivity index (χ2v) is 7.63. The number of fused-ring (bicyclic) bond motifs is 1. The van der Waals surface area contributed by atoms with Crippen LogP contribution in [0, 0.1) is 0 Å². The average Bonchev–Trinajstić information content (AvgIpc) is 3.25. The number of anilines is 1. The van der Waals surface area contributed by atoms with Gasteiger partial charge in [0.25, 0.3) is 0 Å². The Morgan fingerprint density at radius 3 is 2.82 bits per heavy atom. The monoisotopic (exact) mass is 379 g/mol. The van der Waals surface area contributed by atoms with Crippen molar-refractivity contribution in [3.05, 3.63) is 65.2 Å². The zero-order valence-corrected chi connectivity index (χ0v) is 15.7. The molecule has 0 aromatic heterocycles. The number of nitrogens with zero attached hydrogens (tertiary/aromatic N) is 1. The molecule has 0 aliphatic carbocycles. The van der Waals surface area contributed by atoms with E-state index in [1.54, 1.807) is 0 Å². The zero-order chi connectivity index (χ0) is 19.5. The lowest BCUT2D eigenvalue weighted by Gasteiger charge is -2.25. The molecule has 2 heterocycles. The maximum Gasteiger partial charge on any atom is 0.228 e. The third kappa shape index (κ3) is 4.40. The van der Waals surface area contributed by atoms with Crippen LogP contribution >= 0.6 is 0 Å². The van der Waals surface area contributed by atoms with E-state index in [0.29, 0.717) is 19.5 Å². The van der Waals surface area contributed by atoms with Gasteiger partial charge >= 0.3 is 0 Å². The molecule has 1 fully saturated rings. The van der Waals surface area contributed by atoms with E-state index in [1.807, 2.05) is 48.5 Å². The first-order chi connectivity index (χ1) is 13.6. The lowest BCUT2D eigenvalue weighted by molar-refractivity contribution is -0.121. The summed E-state index contributed by atoms with van der Waals surface area (Å²) in [6.07, 6.45) is 1.15. The van der Waals surface area contributed by atoms with E-state index in [-0.39, 0.29) is 30.4 Å². The molecule has 146 valence electrons. The second kappa shape index (κ2) is 8.12. The highest BCUT2D eigenvalue weighted by Gasteiger charge is 2.25. The highest BCUT2D eigenvalue weighted by molar-refractivity contribution is 5.99. The Balaban J connectivity index is 1.43. The maximum absolute atomic E-state index is 12.7. The van der Waals surface area contributed by atoms with Crippen molar-refractivity contribution >= 4 is 17.5 Å². The molecular formula is C22H25N3O3. The van der Waals surface area contributed by atoms with Crippen LogP contribution in [-0.4, -0.2) is 47.6 Å². The Bertz CT molecular complexity index is 869. The number of β-amino-alcohol motifs (C(OH)–C–C–N with tert-alkyl or cyclic N) is 1. The van der Waals surface area contributed by atoms with Crippen LogP contribution in [-0.2, 0) is 22.4 Å². The lowest BCUT2D eigenvalue weighted by atomic mass is 10.0. The quantitative estimate of drug-likeness (QED) is 0.713. The Hall–Kier alpha value is -2.70. The molecule has 4 rings (SSSR count). The smallest absolute Gasteiger partial charge is 0.228 e. The molecule has 2 aliphatic heterocycles. The Morgan fingerprint density at radius 2 is 2.07 bits per heavy atom. The highest BCUT2D eigenvalue weighted by atomic mass is 16.3. The van der Waals surface area contributed by atoms with Crippen molar-refractivity contribution in [1.29, 1.82) is 0 Å². The van der Waals surface area contributed by atoms with Gasteiger partial charge in [0.2, 0.25) is 11.8 Å². The van der Waals surface area contributed by atoms with E-state index in [9.17, 15) is 14.7 Å². The average molecular weight is 379 g/mol. The number of carbonyl (C=O) groups excluding carboxylic acids is 2. The van der Waals surface area contributed by atoms with Gasteiger partial charge < -0.3 is 15.7 Å². The summed E-state index contributed by atoms with van der Waals surface area (Å²) in [6, 6.07) is 15.5. The van der Waals surface area contributed by atoms with Crippen LogP contribution in [0.25, 0.3) is 0 Å². The van der Waals surface area contributed by atoms with Gasteiger partial charge in [-0.25, -0.2) is 0 Å². The minimum absolute atomic E-state index is 0.00598. The van der Waals surface area contributed by atoms with Crippen molar-refractivity contribution in [1.82, 2.24) is 10.2 Å². The number of aliphatic hydroxyl groups is 1. The van der Waals surface area contributed by atoms with E-state index < -0.39 is 0 Å². The topological polar surface area (TPSA) is 81.7 Å². The lowest BCUT2D eigenvalue weighted by Crippen LogP contribution is -2.38. The normalized spacial score (nSPS) is 19.9. The first-order valence-electron chi connectivity index (χ1n) is 9.73. The molecule has 2 aromatic carbocycles. The van der Waals surface area contributed by atoms with Crippen LogP contribution in [0.15, 0.2) is 48.5 Å². The molecule has 6 nitrogen and oxygen atoms in total. The standard InChI is InChI=1S/C22H25N3O3/c26-18-8-9-25(13-18)14-20(16-4-2-1-3-5-16)24-21(27)11-15-6-7-17-12-22(28)23-19(17)10-15/h1-7,10,18,20,26H,8-9,11-14H2,(H,23,28)(H,24,27)/t18-,20?/m0/s1. The van der Waals surface area contributed by atoms with Crippen LogP contribution in [0.5, 0.6) is 0 Å². The van der Waals surface area contributed by atoms with E-state index in [2.05, 4.69) is 15.5 Å². The van der Waals surface area contributed by atoms with Gasteiger partial charge in [0, 0.05) is 25.3 Å². The fraction of sp³-hybridized carbons (Fsp3) is 0.364. The van der Waals surface area contributed by atoms with Crippen molar-refractivity contribution in [2.24, 2.45) is 0 Å². The van der Waals surface area contributed by atoms with Gasteiger partial charge in [-0.1, -0.05) is 42.5 Å². The van der Waals surface area contributed by atoms with Crippen LogP contribution < -0.4 is 10.6 Å². The third-order valence-corrected chi connectivity index (χ3v) is 5.39. The van der Waals surface area contributed by atoms with Crippen LogP contribution in [0.4, 0.5) is 5.69 Å². The van der Waals surface area contributed by atoms with Gasteiger partial charge in [-0.3, -0.25) is 14.5 Å². The van der Waals surface area contributed by atoms with Crippen LogP contribution in [0.3, 0.4) is 0 Å². The summed E-state index contributed by atoms with van der Waals surface area (Å²) in [7, 11) is 0.